The van der Waals surface area contributed by atoms with Gasteiger partial charge >= 0.3 is 0 Å². The zero-order valence-electron chi connectivity index (χ0n) is 26.2. The summed E-state index contributed by atoms with van der Waals surface area (Å²) in [5, 5.41) is 3.26. The number of rotatable bonds is 9. The van der Waals surface area contributed by atoms with E-state index in [1.807, 2.05) is 11.8 Å². The average molecular weight is 553 g/mol. The molecule has 0 unspecified atom stereocenters. The van der Waals surface area contributed by atoms with E-state index in [1.54, 1.807) is 0 Å². The topological polar surface area (TPSA) is 32.3 Å². The summed E-state index contributed by atoms with van der Waals surface area (Å²) in [5.74, 6) is 5.99. The van der Waals surface area contributed by atoms with Crippen LogP contribution in [0.3, 0.4) is 0 Å². The van der Waals surface area contributed by atoms with E-state index in [-0.39, 0.29) is 0 Å². The van der Waals surface area contributed by atoms with E-state index in [0.29, 0.717) is 0 Å². The Labute approximate surface area is 244 Å². The highest BCUT2D eigenvalue weighted by Crippen LogP contribution is 2.31. The van der Waals surface area contributed by atoms with Gasteiger partial charge in [-0.15, -0.1) is 11.8 Å². The summed E-state index contributed by atoms with van der Waals surface area (Å²) >= 11 is 1.85. The number of anilines is 1. The second-order valence-electron chi connectivity index (χ2n) is 12.0. The summed E-state index contributed by atoms with van der Waals surface area (Å²) in [6.45, 7) is 10.3. The number of hydrogen-bond acceptors (Lipinski definition) is 5. The molecule has 0 spiro atoms. The highest BCUT2D eigenvalue weighted by molar-refractivity contribution is 8.02. The Kier molecular flexibility index (Phi) is 15.8. The van der Waals surface area contributed by atoms with Crippen LogP contribution in [0.25, 0.3) is 10.9 Å². The monoisotopic (exact) mass is 552 g/mol. The maximum Gasteiger partial charge on any atom is 0.139 e. The first-order valence-corrected chi connectivity index (χ1v) is 16.3. The summed E-state index contributed by atoms with van der Waals surface area (Å²) in [6.07, 6.45) is 16.1. The quantitative estimate of drug-likeness (QED) is 0.310. The molecule has 39 heavy (non-hydrogen) atoms. The lowest BCUT2D eigenvalue weighted by Gasteiger charge is -2.26. The van der Waals surface area contributed by atoms with Gasteiger partial charge in [-0.1, -0.05) is 95.6 Å². The van der Waals surface area contributed by atoms with Gasteiger partial charge in [0.15, 0.2) is 0 Å². The van der Waals surface area contributed by atoms with Crippen molar-refractivity contribution in [2.45, 2.75) is 85.5 Å². The van der Waals surface area contributed by atoms with Gasteiger partial charge in [0.25, 0.3) is 0 Å². The molecule has 1 aliphatic heterocycles. The fourth-order valence-electron chi connectivity index (χ4n) is 5.28. The Balaban J connectivity index is 0.000000273. The van der Waals surface area contributed by atoms with Crippen LogP contribution in [-0.4, -0.2) is 55.4 Å². The molecule has 1 aliphatic carbocycles. The van der Waals surface area contributed by atoms with E-state index in [9.17, 15) is 0 Å². The maximum absolute atomic E-state index is 4.81. The van der Waals surface area contributed by atoms with Gasteiger partial charge in [0.1, 0.15) is 11.6 Å². The second kappa shape index (κ2) is 18.5. The fraction of sp³-hybridized carbons (Fsp3) is 0.647. The molecule has 1 aromatic heterocycles. The number of fused-ring (bicyclic) bond motifs is 1. The molecule has 2 heterocycles. The minimum Gasteiger partial charge on any atom is -0.362 e. The molecule has 218 valence electrons. The third-order valence-corrected chi connectivity index (χ3v) is 8.82. The molecule has 0 amide bonds. The largest absolute Gasteiger partial charge is 0.362 e. The average Bonchev–Trinajstić information content (AvgIpc) is 2.93. The molecular weight excluding hydrogens is 496 g/mol. The summed E-state index contributed by atoms with van der Waals surface area (Å²) in [7, 11) is 8.39. The Morgan fingerprint density at radius 2 is 1.67 bits per heavy atom. The van der Waals surface area contributed by atoms with Gasteiger partial charge in [0.2, 0.25) is 0 Å². The first-order valence-electron chi connectivity index (χ1n) is 15.2. The van der Waals surface area contributed by atoms with Crippen LogP contribution in [-0.2, 0) is 6.42 Å². The number of allylic oxidation sites excluding steroid dienone is 2. The molecule has 1 saturated carbocycles. The van der Waals surface area contributed by atoms with E-state index < -0.39 is 0 Å². The lowest BCUT2D eigenvalue weighted by atomic mass is 9.81. The summed E-state index contributed by atoms with van der Waals surface area (Å²) in [5.41, 5.74) is 2.53. The Hall–Kier alpha value is -1.85. The zero-order chi connectivity index (χ0) is 28.6. The Bertz CT molecular complexity index is 1000. The van der Waals surface area contributed by atoms with Crippen LogP contribution in [0.1, 0.15) is 84.9 Å². The molecule has 4 nitrogen and oxygen atoms in total. The Morgan fingerprint density at radius 3 is 2.18 bits per heavy atom. The standard InChI is InChI=1S/C20H29N3.C8H19N.C6H8S/c1-15-11-13-16(14-12-15)7-6-10-19-21-18-9-5-4-8-17(18)20(22-19)23(2)3;1-5-8(6-2)7-9(3)4;1-6-3-2-4-7-5-6/h4-5,8-9,15-16H,6-7,10-14H2,1-3H3;8H,5-7H2,1-4H3;2-4H,5H2,1H3. The number of benzene rings is 1. The number of nitrogens with zero attached hydrogens (tertiary/aromatic N) is 4. The van der Waals surface area contributed by atoms with Gasteiger partial charge in [0.05, 0.1) is 5.52 Å². The van der Waals surface area contributed by atoms with E-state index in [2.05, 4.69) is 108 Å². The van der Waals surface area contributed by atoms with Gasteiger partial charge in [-0.3, -0.25) is 0 Å². The maximum atomic E-state index is 4.81. The molecule has 0 atom stereocenters. The molecule has 5 heteroatoms. The minimum atomic E-state index is 0.903. The summed E-state index contributed by atoms with van der Waals surface area (Å²) in [6, 6.07) is 8.32. The predicted molar refractivity (Wildman–Crippen MR) is 176 cm³/mol. The van der Waals surface area contributed by atoms with Crippen molar-refractivity contribution in [1.82, 2.24) is 14.9 Å². The fourth-order valence-corrected chi connectivity index (χ4v) is 5.92. The molecule has 0 N–H and O–H groups in total. The van der Waals surface area contributed by atoms with Crippen LogP contribution in [0.2, 0.25) is 0 Å². The van der Waals surface area contributed by atoms with Crippen LogP contribution >= 0.6 is 11.8 Å². The van der Waals surface area contributed by atoms with Crippen molar-refractivity contribution < 1.29 is 0 Å². The minimum absolute atomic E-state index is 0.903. The molecule has 2 aromatic rings. The van der Waals surface area contributed by atoms with Gasteiger partial charge in [-0.2, -0.15) is 0 Å². The lowest BCUT2D eigenvalue weighted by Crippen LogP contribution is -2.20. The number of hydrogen-bond donors (Lipinski definition) is 0. The third-order valence-electron chi connectivity index (χ3n) is 7.85. The first-order chi connectivity index (χ1) is 18.7. The van der Waals surface area contributed by atoms with E-state index >= 15 is 0 Å². The highest BCUT2D eigenvalue weighted by Gasteiger charge is 2.18. The lowest BCUT2D eigenvalue weighted by molar-refractivity contribution is 0.273. The summed E-state index contributed by atoms with van der Waals surface area (Å²) < 4.78 is 0. The smallest absolute Gasteiger partial charge is 0.139 e. The number of thioether (sulfide) groups is 1. The van der Waals surface area contributed by atoms with Crippen LogP contribution in [0.5, 0.6) is 0 Å². The van der Waals surface area contributed by atoms with Crippen molar-refractivity contribution >= 4 is 28.5 Å². The molecule has 1 aromatic carbocycles. The van der Waals surface area contributed by atoms with Gasteiger partial charge in [0, 0.05) is 38.2 Å². The van der Waals surface area contributed by atoms with E-state index in [0.717, 1.165) is 46.7 Å². The molecule has 4 rings (SSSR count). The van der Waals surface area contributed by atoms with Crippen molar-refractivity contribution in [3.8, 4) is 0 Å². The Morgan fingerprint density at radius 1 is 0.974 bits per heavy atom. The number of aryl methyl sites for hydroxylation is 1. The SMILES string of the molecule is CC1=CC=CSC1.CC1CCC(CCCc2nc(N(C)C)c3ccccc3n2)CC1.CCC(CC)CN(C)C. The van der Waals surface area contributed by atoms with Crippen molar-refractivity contribution in [3.63, 3.8) is 0 Å². The first kappa shape index (κ1) is 33.4. The van der Waals surface area contributed by atoms with E-state index in [4.69, 9.17) is 9.97 Å². The van der Waals surface area contributed by atoms with Gasteiger partial charge < -0.3 is 9.80 Å². The van der Waals surface area contributed by atoms with Crippen molar-refractivity contribution in [1.29, 1.82) is 0 Å². The zero-order valence-corrected chi connectivity index (χ0v) is 27.1. The van der Waals surface area contributed by atoms with E-state index in [1.165, 1.54) is 69.2 Å². The molecule has 0 radical (unpaired) electrons. The normalized spacial score (nSPS) is 18.8. The predicted octanol–water partition coefficient (Wildman–Crippen LogP) is 9.02. The number of para-hydroxylation sites is 1. The van der Waals surface area contributed by atoms with Crippen LogP contribution in [0, 0.1) is 17.8 Å². The third kappa shape index (κ3) is 12.9. The molecule has 2 aliphatic rings. The van der Waals surface area contributed by atoms with Crippen molar-refractivity contribution in [3.05, 3.63) is 53.2 Å². The highest BCUT2D eigenvalue weighted by atomic mass is 32.2. The van der Waals surface area contributed by atoms with Gasteiger partial charge in [-0.25, -0.2) is 9.97 Å². The molecular formula is C34H56N4S. The van der Waals surface area contributed by atoms with Crippen molar-refractivity contribution in [2.24, 2.45) is 17.8 Å². The van der Waals surface area contributed by atoms with Crippen LogP contribution < -0.4 is 4.90 Å². The molecule has 0 bridgehead atoms. The van der Waals surface area contributed by atoms with Crippen LogP contribution in [0.4, 0.5) is 5.82 Å². The number of aromatic nitrogens is 2. The van der Waals surface area contributed by atoms with Crippen molar-refractivity contribution in [2.75, 3.05) is 45.4 Å². The van der Waals surface area contributed by atoms with Gasteiger partial charge in [-0.05, 0) is 62.7 Å². The molecule has 1 fully saturated rings. The second-order valence-corrected chi connectivity index (χ2v) is 12.9. The summed E-state index contributed by atoms with van der Waals surface area (Å²) in [4.78, 5) is 13.9. The van der Waals surface area contributed by atoms with Crippen LogP contribution in [0.15, 0.2) is 47.4 Å². The molecule has 0 saturated heterocycles.